The van der Waals surface area contributed by atoms with Crippen LogP contribution >= 0.6 is 23.8 Å². The van der Waals surface area contributed by atoms with E-state index >= 15 is 0 Å². The van der Waals surface area contributed by atoms with E-state index < -0.39 is 0 Å². The van der Waals surface area contributed by atoms with Crippen molar-refractivity contribution < 1.29 is 5.11 Å². The molecule has 0 aliphatic carbocycles. The molecule has 16 heavy (non-hydrogen) atoms. The SMILES string of the molecule is CCN(CCO)c1ccc(Cl)cc1C(N)=S. The summed E-state index contributed by atoms with van der Waals surface area (Å²) in [6.45, 7) is 3.42. The summed E-state index contributed by atoms with van der Waals surface area (Å²) in [5.74, 6) is 0. The molecule has 88 valence electrons. The molecule has 0 radical (unpaired) electrons. The lowest BCUT2D eigenvalue weighted by atomic mass is 10.1. The molecular weight excluding hydrogens is 244 g/mol. The summed E-state index contributed by atoms with van der Waals surface area (Å²) in [5, 5.41) is 9.58. The van der Waals surface area contributed by atoms with Gasteiger partial charge in [-0.15, -0.1) is 0 Å². The molecule has 0 spiro atoms. The number of likely N-dealkylation sites (N-methyl/N-ethyl adjacent to an activating group) is 1. The van der Waals surface area contributed by atoms with E-state index in [1.165, 1.54) is 0 Å². The third-order valence-corrected chi connectivity index (χ3v) is 2.77. The fraction of sp³-hybridized carbons (Fsp3) is 0.364. The van der Waals surface area contributed by atoms with E-state index in [2.05, 4.69) is 0 Å². The molecule has 0 atom stereocenters. The van der Waals surface area contributed by atoms with Gasteiger partial charge in [0.05, 0.1) is 6.61 Å². The number of hydrogen-bond donors (Lipinski definition) is 2. The van der Waals surface area contributed by atoms with E-state index in [0.29, 0.717) is 16.6 Å². The van der Waals surface area contributed by atoms with Gasteiger partial charge in [-0.05, 0) is 25.1 Å². The second-order valence-electron chi connectivity index (χ2n) is 3.33. The summed E-state index contributed by atoms with van der Waals surface area (Å²) < 4.78 is 0. The number of thiocarbonyl (C=S) groups is 1. The van der Waals surface area contributed by atoms with Crippen LogP contribution in [0, 0.1) is 0 Å². The van der Waals surface area contributed by atoms with Crippen LogP contribution in [-0.2, 0) is 0 Å². The number of aliphatic hydroxyl groups excluding tert-OH is 1. The molecule has 5 heteroatoms. The van der Waals surface area contributed by atoms with Crippen LogP contribution < -0.4 is 10.6 Å². The second-order valence-corrected chi connectivity index (χ2v) is 4.21. The van der Waals surface area contributed by atoms with Crippen LogP contribution in [-0.4, -0.2) is 29.8 Å². The topological polar surface area (TPSA) is 49.5 Å². The number of hydrogen-bond acceptors (Lipinski definition) is 3. The van der Waals surface area contributed by atoms with E-state index in [-0.39, 0.29) is 6.61 Å². The summed E-state index contributed by atoms with van der Waals surface area (Å²) in [6, 6.07) is 5.41. The Hall–Kier alpha value is -0.840. The summed E-state index contributed by atoms with van der Waals surface area (Å²) in [5.41, 5.74) is 7.31. The van der Waals surface area contributed by atoms with Crippen molar-refractivity contribution in [3.8, 4) is 0 Å². The highest BCUT2D eigenvalue weighted by Crippen LogP contribution is 2.24. The van der Waals surface area contributed by atoms with Gasteiger partial charge in [0.15, 0.2) is 0 Å². The van der Waals surface area contributed by atoms with Gasteiger partial charge in [-0.2, -0.15) is 0 Å². The molecule has 1 aromatic carbocycles. The van der Waals surface area contributed by atoms with Gasteiger partial charge in [0.2, 0.25) is 0 Å². The molecule has 0 aliphatic rings. The summed E-state index contributed by atoms with van der Waals surface area (Å²) in [4.78, 5) is 2.32. The van der Waals surface area contributed by atoms with Crippen LogP contribution in [0.4, 0.5) is 5.69 Å². The molecular formula is C11H15ClN2OS. The molecule has 0 aliphatic heterocycles. The predicted molar refractivity (Wildman–Crippen MR) is 72.3 cm³/mol. The van der Waals surface area contributed by atoms with E-state index in [0.717, 1.165) is 17.8 Å². The molecule has 3 nitrogen and oxygen atoms in total. The van der Waals surface area contributed by atoms with Gasteiger partial charge in [0.1, 0.15) is 4.99 Å². The van der Waals surface area contributed by atoms with E-state index in [9.17, 15) is 0 Å². The normalized spacial score (nSPS) is 10.2. The number of anilines is 1. The maximum atomic E-state index is 8.98. The Morgan fingerprint density at radius 1 is 1.56 bits per heavy atom. The predicted octanol–water partition coefficient (Wildman–Crippen LogP) is 1.79. The number of halogens is 1. The second kappa shape index (κ2) is 6.03. The lowest BCUT2D eigenvalue weighted by molar-refractivity contribution is 0.302. The first-order valence-electron chi connectivity index (χ1n) is 5.05. The Bertz CT molecular complexity index is 384. The highest BCUT2D eigenvalue weighted by molar-refractivity contribution is 7.80. The number of nitrogens with zero attached hydrogens (tertiary/aromatic N) is 1. The highest BCUT2D eigenvalue weighted by Gasteiger charge is 2.11. The Morgan fingerprint density at radius 3 is 2.75 bits per heavy atom. The molecule has 0 unspecified atom stereocenters. The third-order valence-electron chi connectivity index (χ3n) is 2.32. The number of benzene rings is 1. The highest BCUT2D eigenvalue weighted by atomic mass is 35.5. The van der Waals surface area contributed by atoms with E-state index in [4.69, 9.17) is 34.7 Å². The minimum absolute atomic E-state index is 0.0905. The smallest absolute Gasteiger partial charge is 0.106 e. The van der Waals surface area contributed by atoms with Gasteiger partial charge in [-0.1, -0.05) is 23.8 Å². The fourth-order valence-corrected chi connectivity index (χ4v) is 1.89. The molecule has 3 N–H and O–H groups in total. The molecule has 0 amide bonds. The molecule has 0 saturated heterocycles. The first kappa shape index (κ1) is 13.2. The lowest BCUT2D eigenvalue weighted by Crippen LogP contribution is -2.28. The van der Waals surface area contributed by atoms with Crippen molar-refractivity contribution in [2.75, 3.05) is 24.6 Å². The van der Waals surface area contributed by atoms with Crippen molar-refractivity contribution >= 4 is 34.5 Å². The average Bonchev–Trinajstić information content (AvgIpc) is 2.26. The van der Waals surface area contributed by atoms with Gasteiger partial charge >= 0.3 is 0 Å². The van der Waals surface area contributed by atoms with Gasteiger partial charge < -0.3 is 15.7 Å². The average molecular weight is 259 g/mol. The van der Waals surface area contributed by atoms with Crippen LogP contribution in [0.1, 0.15) is 12.5 Å². The van der Waals surface area contributed by atoms with Gasteiger partial charge in [-0.25, -0.2) is 0 Å². The van der Waals surface area contributed by atoms with Crippen LogP contribution in [0.25, 0.3) is 0 Å². The molecule has 1 aromatic rings. The summed E-state index contributed by atoms with van der Waals surface area (Å²) >= 11 is 10.9. The Morgan fingerprint density at radius 2 is 2.25 bits per heavy atom. The van der Waals surface area contributed by atoms with Crippen LogP contribution in [0.15, 0.2) is 18.2 Å². The minimum atomic E-state index is 0.0905. The van der Waals surface area contributed by atoms with Crippen LogP contribution in [0.2, 0.25) is 5.02 Å². The zero-order chi connectivity index (χ0) is 12.1. The first-order valence-corrected chi connectivity index (χ1v) is 5.84. The maximum absolute atomic E-state index is 8.98. The summed E-state index contributed by atoms with van der Waals surface area (Å²) in [6.07, 6.45) is 0. The van der Waals surface area contributed by atoms with Crippen molar-refractivity contribution in [1.82, 2.24) is 0 Å². The van der Waals surface area contributed by atoms with Crippen LogP contribution in [0.3, 0.4) is 0 Å². The van der Waals surface area contributed by atoms with E-state index in [1.807, 2.05) is 17.9 Å². The van der Waals surface area contributed by atoms with Crippen molar-refractivity contribution in [2.45, 2.75) is 6.92 Å². The zero-order valence-corrected chi connectivity index (χ0v) is 10.7. The Balaban J connectivity index is 3.14. The van der Waals surface area contributed by atoms with Crippen molar-refractivity contribution in [2.24, 2.45) is 5.73 Å². The Labute approximate surface area is 106 Å². The van der Waals surface area contributed by atoms with Crippen molar-refractivity contribution in [1.29, 1.82) is 0 Å². The summed E-state index contributed by atoms with van der Waals surface area (Å²) in [7, 11) is 0. The van der Waals surface area contributed by atoms with Crippen molar-refractivity contribution in [3.63, 3.8) is 0 Å². The maximum Gasteiger partial charge on any atom is 0.106 e. The molecule has 1 rings (SSSR count). The van der Waals surface area contributed by atoms with E-state index in [1.54, 1.807) is 12.1 Å². The van der Waals surface area contributed by atoms with Crippen LogP contribution in [0.5, 0.6) is 0 Å². The van der Waals surface area contributed by atoms with Gasteiger partial charge in [0.25, 0.3) is 0 Å². The lowest BCUT2D eigenvalue weighted by Gasteiger charge is -2.24. The first-order chi connectivity index (χ1) is 7.60. The van der Waals surface area contributed by atoms with Gasteiger partial charge in [0, 0.05) is 29.4 Å². The molecule has 0 saturated carbocycles. The zero-order valence-electron chi connectivity index (χ0n) is 9.11. The Kier molecular flexibility index (Phi) is 4.99. The van der Waals surface area contributed by atoms with Gasteiger partial charge in [-0.3, -0.25) is 0 Å². The monoisotopic (exact) mass is 258 g/mol. The molecule has 0 heterocycles. The largest absolute Gasteiger partial charge is 0.395 e. The number of nitrogens with two attached hydrogens (primary N) is 1. The third kappa shape index (κ3) is 3.07. The molecule has 0 aromatic heterocycles. The standard InChI is InChI=1S/C11H15ClN2OS/c1-2-14(5-6-15)10-4-3-8(12)7-9(10)11(13)16/h3-4,7,15H,2,5-6H2,1H3,(H2,13,16). The quantitative estimate of drug-likeness (QED) is 0.791. The number of rotatable bonds is 5. The fourth-order valence-electron chi connectivity index (χ4n) is 1.55. The van der Waals surface area contributed by atoms with Crippen molar-refractivity contribution in [3.05, 3.63) is 28.8 Å². The number of aliphatic hydroxyl groups is 1. The molecule has 0 bridgehead atoms. The minimum Gasteiger partial charge on any atom is -0.395 e. The molecule has 0 fully saturated rings.